The van der Waals surface area contributed by atoms with Gasteiger partial charge in [0.05, 0.1) is 4.47 Å². The van der Waals surface area contributed by atoms with E-state index in [2.05, 4.69) is 41.3 Å². The number of amides is 2. The molecule has 0 aliphatic heterocycles. The molecule has 29 heavy (non-hydrogen) atoms. The molecule has 0 atom stereocenters. The molecule has 0 spiro atoms. The molecular formula is C18H16BrF3N4O3. The molecule has 1 aliphatic rings. The molecule has 11 heteroatoms. The van der Waals surface area contributed by atoms with Gasteiger partial charge < -0.3 is 15.4 Å². The van der Waals surface area contributed by atoms with Gasteiger partial charge in [-0.05, 0) is 52.5 Å². The summed E-state index contributed by atoms with van der Waals surface area (Å²) in [5.41, 5.74) is 0.865. The number of ether oxygens (including phenoxy) is 1. The number of anilines is 1. The minimum atomic E-state index is -4.46. The highest BCUT2D eigenvalue weighted by Gasteiger charge is 2.30. The van der Waals surface area contributed by atoms with Gasteiger partial charge in [-0.2, -0.15) is 13.2 Å². The minimum absolute atomic E-state index is 0.0170. The van der Waals surface area contributed by atoms with Crippen molar-refractivity contribution in [2.24, 2.45) is 5.92 Å². The van der Waals surface area contributed by atoms with Gasteiger partial charge in [-0.3, -0.25) is 9.59 Å². The van der Waals surface area contributed by atoms with Crippen LogP contribution in [0.1, 0.15) is 28.8 Å². The SMILES string of the molecule is O=C(NCc1cnc(OCC(F)(F)F)c(Br)c1)c1ccnc(NC(=O)C2CC2)c1. The van der Waals surface area contributed by atoms with E-state index in [9.17, 15) is 22.8 Å². The Morgan fingerprint density at radius 2 is 2.00 bits per heavy atom. The van der Waals surface area contributed by atoms with Crippen molar-refractivity contribution in [3.63, 3.8) is 0 Å². The lowest BCUT2D eigenvalue weighted by atomic mass is 10.2. The molecule has 2 aromatic rings. The fraction of sp³-hybridized carbons (Fsp3) is 0.333. The summed E-state index contributed by atoms with van der Waals surface area (Å²) in [5.74, 6) is -0.391. The van der Waals surface area contributed by atoms with E-state index in [1.54, 1.807) is 0 Å². The van der Waals surface area contributed by atoms with Crippen LogP contribution in [0.5, 0.6) is 5.88 Å². The Bertz CT molecular complexity index is 919. The van der Waals surface area contributed by atoms with Gasteiger partial charge in [0.25, 0.3) is 5.91 Å². The normalized spacial score (nSPS) is 13.7. The first-order chi connectivity index (χ1) is 13.7. The fourth-order valence-electron chi connectivity index (χ4n) is 2.32. The van der Waals surface area contributed by atoms with E-state index in [-0.39, 0.29) is 28.7 Å². The smallest absolute Gasteiger partial charge is 0.422 e. The Morgan fingerprint density at radius 3 is 2.66 bits per heavy atom. The lowest BCUT2D eigenvalue weighted by Gasteiger charge is -2.11. The van der Waals surface area contributed by atoms with Crippen molar-refractivity contribution in [2.75, 3.05) is 11.9 Å². The van der Waals surface area contributed by atoms with Crippen molar-refractivity contribution in [1.82, 2.24) is 15.3 Å². The van der Waals surface area contributed by atoms with E-state index < -0.39 is 18.7 Å². The highest BCUT2D eigenvalue weighted by atomic mass is 79.9. The van der Waals surface area contributed by atoms with Crippen molar-refractivity contribution in [2.45, 2.75) is 25.6 Å². The average molecular weight is 473 g/mol. The van der Waals surface area contributed by atoms with Gasteiger partial charge in [-0.15, -0.1) is 0 Å². The summed E-state index contributed by atoms with van der Waals surface area (Å²) in [4.78, 5) is 32.0. The van der Waals surface area contributed by atoms with Crippen LogP contribution in [0.25, 0.3) is 0 Å². The summed E-state index contributed by atoms with van der Waals surface area (Å²) in [5, 5.41) is 5.34. The monoisotopic (exact) mass is 472 g/mol. The zero-order valence-electron chi connectivity index (χ0n) is 14.9. The third kappa shape index (κ3) is 6.41. The largest absolute Gasteiger partial charge is 0.467 e. The second kappa shape index (κ2) is 8.76. The molecule has 0 unspecified atom stereocenters. The van der Waals surface area contributed by atoms with Crippen LogP contribution in [0.4, 0.5) is 19.0 Å². The Morgan fingerprint density at radius 1 is 1.24 bits per heavy atom. The van der Waals surface area contributed by atoms with Crippen LogP contribution in [0.2, 0.25) is 0 Å². The highest BCUT2D eigenvalue weighted by Crippen LogP contribution is 2.30. The molecule has 2 heterocycles. The molecule has 0 bridgehead atoms. The van der Waals surface area contributed by atoms with Crippen molar-refractivity contribution in [3.8, 4) is 5.88 Å². The molecule has 2 aromatic heterocycles. The van der Waals surface area contributed by atoms with Crippen LogP contribution in [0.15, 0.2) is 35.1 Å². The Balaban J connectivity index is 1.56. The Kier molecular flexibility index (Phi) is 6.36. The molecule has 154 valence electrons. The summed E-state index contributed by atoms with van der Waals surface area (Å²) in [6, 6.07) is 4.48. The first-order valence-corrected chi connectivity index (χ1v) is 9.39. The number of pyridine rings is 2. The standard InChI is InChI=1S/C18H16BrF3N4O3/c19-13-5-10(8-25-17(13)29-9-18(20,21)22)7-24-15(27)12-3-4-23-14(6-12)26-16(28)11-1-2-11/h3-6,8,11H,1-2,7,9H2,(H,24,27)(H,23,26,28). The van der Waals surface area contributed by atoms with Gasteiger partial charge in [0.1, 0.15) is 5.82 Å². The quantitative estimate of drug-likeness (QED) is 0.643. The van der Waals surface area contributed by atoms with E-state index >= 15 is 0 Å². The number of aromatic nitrogens is 2. The summed E-state index contributed by atoms with van der Waals surface area (Å²) in [6.45, 7) is -1.35. The summed E-state index contributed by atoms with van der Waals surface area (Å²) < 4.78 is 41.5. The first kappa shape index (κ1) is 21.0. The van der Waals surface area contributed by atoms with Gasteiger partial charge in [0.15, 0.2) is 6.61 Å². The average Bonchev–Trinajstić information content (AvgIpc) is 3.50. The van der Waals surface area contributed by atoms with Crippen molar-refractivity contribution in [1.29, 1.82) is 0 Å². The first-order valence-electron chi connectivity index (χ1n) is 8.60. The van der Waals surface area contributed by atoms with Crippen molar-refractivity contribution >= 4 is 33.6 Å². The van der Waals surface area contributed by atoms with Crippen molar-refractivity contribution < 1.29 is 27.5 Å². The molecule has 2 N–H and O–H groups in total. The van der Waals surface area contributed by atoms with Crippen LogP contribution in [0, 0.1) is 5.92 Å². The molecule has 3 rings (SSSR count). The maximum Gasteiger partial charge on any atom is 0.422 e. The number of alkyl halides is 3. The molecule has 1 saturated carbocycles. The van der Waals surface area contributed by atoms with Gasteiger partial charge in [0, 0.05) is 30.4 Å². The number of rotatable bonds is 7. The Hall–Kier alpha value is -2.69. The number of nitrogens with one attached hydrogen (secondary N) is 2. The lowest BCUT2D eigenvalue weighted by Crippen LogP contribution is -2.23. The fourth-order valence-corrected chi connectivity index (χ4v) is 2.83. The lowest BCUT2D eigenvalue weighted by molar-refractivity contribution is -0.154. The molecule has 0 radical (unpaired) electrons. The molecule has 2 amide bonds. The molecule has 1 fully saturated rings. The second-order valence-electron chi connectivity index (χ2n) is 6.41. The number of halogens is 4. The van der Waals surface area contributed by atoms with Crippen LogP contribution in [0.3, 0.4) is 0 Å². The molecule has 1 aliphatic carbocycles. The maximum atomic E-state index is 12.3. The van der Waals surface area contributed by atoms with E-state index in [0.717, 1.165) is 12.8 Å². The molecule has 0 saturated heterocycles. The summed E-state index contributed by atoms with van der Waals surface area (Å²) in [7, 11) is 0. The number of carbonyl (C=O) groups excluding carboxylic acids is 2. The number of hydrogen-bond acceptors (Lipinski definition) is 5. The van der Waals surface area contributed by atoms with Gasteiger partial charge in [-0.1, -0.05) is 0 Å². The van der Waals surface area contributed by atoms with E-state index in [0.29, 0.717) is 16.9 Å². The van der Waals surface area contributed by atoms with Crippen LogP contribution >= 0.6 is 15.9 Å². The maximum absolute atomic E-state index is 12.3. The van der Waals surface area contributed by atoms with Gasteiger partial charge >= 0.3 is 6.18 Å². The summed E-state index contributed by atoms with van der Waals surface area (Å²) >= 11 is 3.10. The number of nitrogens with zero attached hydrogens (tertiary/aromatic N) is 2. The number of hydrogen-bond donors (Lipinski definition) is 2. The highest BCUT2D eigenvalue weighted by molar-refractivity contribution is 9.10. The second-order valence-corrected chi connectivity index (χ2v) is 7.26. The Labute approximate surface area is 172 Å². The topological polar surface area (TPSA) is 93.2 Å². The molecular weight excluding hydrogens is 457 g/mol. The predicted molar refractivity (Wildman–Crippen MR) is 100 cm³/mol. The van der Waals surface area contributed by atoms with Gasteiger partial charge in [-0.25, -0.2) is 9.97 Å². The molecule has 7 nitrogen and oxygen atoms in total. The van der Waals surface area contributed by atoms with Crippen LogP contribution < -0.4 is 15.4 Å². The summed E-state index contributed by atoms with van der Waals surface area (Å²) in [6.07, 6.45) is -0.0203. The minimum Gasteiger partial charge on any atom is -0.467 e. The number of carbonyl (C=O) groups is 2. The van der Waals surface area contributed by atoms with E-state index in [1.165, 1.54) is 30.6 Å². The van der Waals surface area contributed by atoms with E-state index in [4.69, 9.17) is 0 Å². The molecule has 0 aromatic carbocycles. The third-order valence-electron chi connectivity index (χ3n) is 3.91. The van der Waals surface area contributed by atoms with Crippen LogP contribution in [-0.4, -0.2) is 34.6 Å². The van der Waals surface area contributed by atoms with Crippen molar-refractivity contribution in [3.05, 3.63) is 46.2 Å². The zero-order chi connectivity index (χ0) is 21.0. The third-order valence-corrected chi connectivity index (χ3v) is 4.48. The zero-order valence-corrected chi connectivity index (χ0v) is 16.5. The predicted octanol–water partition coefficient (Wildman–Crippen LogP) is 3.46. The van der Waals surface area contributed by atoms with E-state index in [1.807, 2.05) is 0 Å². The van der Waals surface area contributed by atoms with Crippen LogP contribution in [-0.2, 0) is 11.3 Å². The van der Waals surface area contributed by atoms with Gasteiger partial charge in [0.2, 0.25) is 11.8 Å².